The Balaban J connectivity index is 2.26. The molecule has 0 spiro atoms. The highest BCUT2D eigenvalue weighted by Gasteiger charge is 2.12. The van der Waals surface area contributed by atoms with Gasteiger partial charge in [-0.15, -0.1) is 10.2 Å². The van der Waals surface area contributed by atoms with E-state index in [2.05, 4.69) is 15.2 Å². The van der Waals surface area contributed by atoms with Gasteiger partial charge in [0.2, 0.25) is 5.88 Å². The maximum atomic E-state index is 11.0. The molecular formula is C11H8N4O4. The first-order valence-electron chi connectivity index (χ1n) is 5.06. The van der Waals surface area contributed by atoms with Crippen LogP contribution in [0.4, 0.5) is 0 Å². The van der Waals surface area contributed by atoms with Crippen LogP contribution in [0.2, 0.25) is 0 Å². The molecule has 0 saturated carbocycles. The molecule has 8 nitrogen and oxygen atoms in total. The second kappa shape index (κ2) is 5.08. The van der Waals surface area contributed by atoms with Crippen molar-refractivity contribution in [2.75, 3.05) is 0 Å². The van der Waals surface area contributed by atoms with E-state index in [1.807, 2.05) is 0 Å². The number of carbonyl (C=O) groups excluding carboxylic acids is 1. The highest BCUT2D eigenvalue weighted by molar-refractivity contribution is 5.91. The molecule has 0 atom stereocenters. The van der Waals surface area contributed by atoms with Crippen LogP contribution in [0.5, 0.6) is 11.6 Å². The van der Waals surface area contributed by atoms with Crippen molar-refractivity contribution in [3.63, 3.8) is 0 Å². The summed E-state index contributed by atoms with van der Waals surface area (Å²) in [4.78, 5) is 25.5. The average Bonchev–Trinajstić information content (AvgIpc) is 2.39. The largest absolute Gasteiger partial charge is 0.478 e. The van der Waals surface area contributed by atoms with E-state index in [1.165, 1.54) is 30.6 Å². The fraction of sp³-hybridized carbons (Fsp3) is 0. The van der Waals surface area contributed by atoms with Crippen LogP contribution in [0.15, 0.2) is 30.6 Å². The molecule has 19 heavy (non-hydrogen) atoms. The van der Waals surface area contributed by atoms with E-state index >= 15 is 0 Å². The number of carboxylic acid groups (broad SMARTS) is 1. The SMILES string of the molecule is NC(=O)c1ccc(Oc2cnccc2C(=O)O)nn1. The maximum absolute atomic E-state index is 11.0. The summed E-state index contributed by atoms with van der Waals surface area (Å²) in [5, 5.41) is 16.1. The van der Waals surface area contributed by atoms with Crippen LogP contribution >= 0.6 is 0 Å². The van der Waals surface area contributed by atoms with Crippen LogP contribution in [0, 0.1) is 0 Å². The first-order valence-corrected chi connectivity index (χ1v) is 5.06. The predicted molar refractivity (Wildman–Crippen MR) is 61.8 cm³/mol. The van der Waals surface area contributed by atoms with Crippen molar-refractivity contribution in [3.8, 4) is 11.6 Å². The molecule has 2 rings (SSSR count). The second-order valence-electron chi connectivity index (χ2n) is 3.40. The van der Waals surface area contributed by atoms with E-state index in [-0.39, 0.29) is 22.9 Å². The quantitative estimate of drug-likeness (QED) is 0.816. The lowest BCUT2D eigenvalue weighted by molar-refractivity contribution is 0.0693. The summed E-state index contributed by atoms with van der Waals surface area (Å²) in [6.07, 6.45) is 2.57. The molecular weight excluding hydrogens is 252 g/mol. The Morgan fingerprint density at radius 1 is 1.21 bits per heavy atom. The topological polar surface area (TPSA) is 128 Å². The Bertz CT molecular complexity index is 627. The van der Waals surface area contributed by atoms with Gasteiger partial charge in [-0.1, -0.05) is 0 Å². The van der Waals surface area contributed by atoms with Crippen molar-refractivity contribution < 1.29 is 19.4 Å². The Hall–Kier alpha value is -3.03. The van der Waals surface area contributed by atoms with E-state index in [0.717, 1.165) is 0 Å². The van der Waals surface area contributed by atoms with Crippen molar-refractivity contribution in [2.24, 2.45) is 5.73 Å². The number of nitrogens with two attached hydrogens (primary N) is 1. The van der Waals surface area contributed by atoms with E-state index in [9.17, 15) is 9.59 Å². The molecule has 1 amide bonds. The molecule has 0 radical (unpaired) electrons. The van der Waals surface area contributed by atoms with Gasteiger partial charge in [0.05, 0.1) is 6.20 Å². The smallest absolute Gasteiger partial charge is 0.339 e. The summed E-state index contributed by atoms with van der Waals surface area (Å²) in [6, 6.07) is 3.97. The molecule has 0 unspecified atom stereocenters. The number of amides is 1. The third kappa shape index (κ3) is 2.80. The van der Waals surface area contributed by atoms with E-state index in [1.54, 1.807) is 0 Å². The van der Waals surface area contributed by atoms with Gasteiger partial charge in [-0.2, -0.15) is 0 Å². The lowest BCUT2D eigenvalue weighted by Crippen LogP contribution is -2.13. The molecule has 2 aromatic rings. The van der Waals surface area contributed by atoms with E-state index in [4.69, 9.17) is 15.6 Å². The van der Waals surface area contributed by atoms with Crippen LogP contribution in [0.3, 0.4) is 0 Å². The lowest BCUT2D eigenvalue weighted by atomic mass is 10.2. The summed E-state index contributed by atoms with van der Waals surface area (Å²) in [6.45, 7) is 0. The summed E-state index contributed by atoms with van der Waals surface area (Å²) in [5.41, 5.74) is 4.93. The standard InChI is InChI=1S/C11H8N4O4/c12-10(16)7-1-2-9(15-14-7)19-8-5-13-4-3-6(8)11(17)18/h1-5H,(H2,12,16)(H,17,18). The Kier molecular flexibility index (Phi) is 3.33. The molecule has 0 aliphatic rings. The number of hydrogen-bond donors (Lipinski definition) is 2. The molecule has 0 aromatic carbocycles. The van der Waals surface area contributed by atoms with Crippen molar-refractivity contribution in [1.29, 1.82) is 0 Å². The first-order chi connectivity index (χ1) is 9.08. The fourth-order valence-electron chi connectivity index (χ4n) is 1.26. The zero-order valence-electron chi connectivity index (χ0n) is 9.48. The van der Waals surface area contributed by atoms with Gasteiger partial charge in [0, 0.05) is 12.3 Å². The highest BCUT2D eigenvalue weighted by Crippen LogP contribution is 2.22. The van der Waals surface area contributed by atoms with Gasteiger partial charge in [0.1, 0.15) is 5.56 Å². The molecule has 96 valence electrons. The molecule has 0 aliphatic heterocycles. The van der Waals surface area contributed by atoms with E-state index in [0.29, 0.717) is 0 Å². The van der Waals surface area contributed by atoms with Gasteiger partial charge in [-0.25, -0.2) is 4.79 Å². The van der Waals surface area contributed by atoms with Gasteiger partial charge in [0.25, 0.3) is 5.91 Å². The van der Waals surface area contributed by atoms with Crippen molar-refractivity contribution in [2.45, 2.75) is 0 Å². The monoisotopic (exact) mass is 260 g/mol. The number of ether oxygens (including phenoxy) is 1. The molecule has 2 aromatic heterocycles. The number of aromatic carboxylic acids is 1. The van der Waals surface area contributed by atoms with Crippen LogP contribution in [0.1, 0.15) is 20.8 Å². The third-order valence-electron chi connectivity index (χ3n) is 2.12. The number of hydrogen-bond acceptors (Lipinski definition) is 6. The molecule has 8 heteroatoms. The van der Waals surface area contributed by atoms with Crippen molar-refractivity contribution in [3.05, 3.63) is 41.9 Å². The van der Waals surface area contributed by atoms with Gasteiger partial charge in [-0.3, -0.25) is 9.78 Å². The lowest BCUT2D eigenvalue weighted by Gasteiger charge is -2.06. The predicted octanol–water partition coefficient (Wildman–Crippen LogP) is 0.461. The Morgan fingerprint density at radius 3 is 2.58 bits per heavy atom. The average molecular weight is 260 g/mol. The van der Waals surface area contributed by atoms with Gasteiger partial charge in [-0.05, 0) is 12.1 Å². The zero-order chi connectivity index (χ0) is 13.8. The molecule has 0 saturated heterocycles. The van der Waals surface area contributed by atoms with E-state index < -0.39 is 11.9 Å². The maximum Gasteiger partial charge on any atom is 0.339 e. The van der Waals surface area contributed by atoms with Crippen molar-refractivity contribution in [1.82, 2.24) is 15.2 Å². The van der Waals surface area contributed by atoms with Gasteiger partial charge in [0.15, 0.2) is 11.4 Å². The molecule has 3 N–H and O–H groups in total. The minimum Gasteiger partial charge on any atom is -0.478 e. The fourth-order valence-corrected chi connectivity index (χ4v) is 1.26. The summed E-state index contributed by atoms with van der Waals surface area (Å²) < 4.78 is 5.24. The first kappa shape index (κ1) is 12.4. The molecule has 2 heterocycles. The Labute approximate surface area is 106 Å². The minimum absolute atomic E-state index is 0.0167. The number of aromatic nitrogens is 3. The van der Waals surface area contributed by atoms with Crippen LogP contribution in [-0.4, -0.2) is 32.2 Å². The number of carboxylic acids is 1. The third-order valence-corrected chi connectivity index (χ3v) is 2.12. The number of primary amides is 1. The van der Waals surface area contributed by atoms with Crippen LogP contribution in [0.25, 0.3) is 0 Å². The summed E-state index contributed by atoms with van der Waals surface area (Å²) >= 11 is 0. The molecule has 0 bridgehead atoms. The highest BCUT2D eigenvalue weighted by atomic mass is 16.5. The zero-order valence-corrected chi connectivity index (χ0v) is 9.48. The van der Waals surface area contributed by atoms with Gasteiger partial charge < -0.3 is 15.6 Å². The van der Waals surface area contributed by atoms with Crippen molar-refractivity contribution >= 4 is 11.9 Å². The minimum atomic E-state index is -1.15. The number of carbonyl (C=O) groups is 2. The number of rotatable bonds is 4. The van der Waals surface area contributed by atoms with Gasteiger partial charge >= 0.3 is 5.97 Å². The molecule has 0 aliphatic carbocycles. The Morgan fingerprint density at radius 2 is 2.00 bits per heavy atom. The molecule has 0 fully saturated rings. The normalized spacial score (nSPS) is 9.89. The second-order valence-corrected chi connectivity index (χ2v) is 3.40. The number of nitrogens with zero attached hydrogens (tertiary/aromatic N) is 3. The summed E-state index contributed by atoms with van der Waals surface area (Å²) in [5.74, 6) is -1.82. The summed E-state index contributed by atoms with van der Waals surface area (Å²) in [7, 11) is 0. The van der Waals surface area contributed by atoms with Crippen LogP contribution in [-0.2, 0) is 0 Å². The number of pyridine rings is 1. The van der Waals surface area contributed by atoms with Crippen LogP contribution < -0.4 is 10.5 Å².